The van der Waals surface area contributed by atoms with E-state index in [4.69, 9.17) is 4.74 Å². The van der Waals surface area contributed by atoms with E-state index in [1.807, 2.05) is 35.2 Å². The molecule has 1 aromatic carbocycles. The number of para-hydroxylation sites is 1. The normalized spacial score (nSPS) is 20.3. The Balaban J connectivity index is 1.33. The monoisotopic (exact) mass is 438 g/mol. The molecule has 0 spiro atoms. The number of carbonyl (C=O) groups is 1. The predicted octanol–water partition coefficient (Wildman–Crippen LogP) is 2.91. The molecule has 1 aromatic heterocycles. The van der Waals surface area contributed by atoms with Crippen LogP contribution in [0.4, 0.5) is 0 Å². The van der Waals surface area contributed by atoms with E-state index in [1.54, 1.807) is 6.07 Å². The molecule has 0 radical (unpaired) electrons. The molecule has 32 heavy (non-hydrogen) atoms. The van der Waals surface area contributed by atoms with Gasteiger partial charge in [0.05, 0.1) is 6.54 Å². The van der Waals surface area contributed by atoms with E-state index in [0.29, 0.717) is 24.8 Å². The Bertz CT molecular complexity index is 938. The largest absolute Gasteiger partial charge is 0.492 e. The SMILES string of the molecule is CC1CCN(CC2CCCN(C(=O)c3ccc(=O)n(CCOc4ccccc4)n3)C2)CC1. The van der Waals surface area contributed by atoms with Gasteiger partial charge in [-0.25, -0.2) is 4.68 Å². The minimum Gasteiger partial charge on any atom is -0.492 e. The van der Waals surface area contributed by atoms with E-state index >= 15 is 0 Å². The van der Waals surface area contributed by atoms with Gasteiger partial charge in [-0.2, -0.15) is 5.10 Å². The fraction of sp³-hybridized carbons (Fsp3) is 0.560. The molecule has 2 saturated heterocycles. The molecule has 2 aromatic rings. The van der Waals surface area contributed by atoms with Crippen LogP contribution in [0.25, 0.3) is 0 Å². The lowest BCUT2D eigenvalue weighted by Crippen LogP contribution is -2.45. The van der Waals surface area contributed by atoms with Gasteiger partial charge in [-0.15, -0.1) is 0 Å². The van der Waals surface area contributed by atoms with Gasteiger partial charge in [-0.3, -0.25) is 9.59 Å². The summed E-state index contributed by atoms with van der Waals surface area (Å²) >= 11 is 0. The number of hydrogen-bond acceptors (Lipinski definition) is 5. The maximum atomic E-state index is 13.1. The molecule has 4 rings (SSSR count). The average Bonchev–Trinajstić information content (AvgIpc) is 2.82. The third kappa shape index (κ3) is 5.97. The number of rotatable bonds is 7. The number of amides is 1. The molecule has 2 aliphatic rings. The highest BCUT2D eigenvalue weighted by molar-refractivity contribution is 5.92. The Kier molecular flexibility index (Phi) is 7.58. The highest BCUT2D eigenvalue weighted by Gasteiger charge is 2.28. The zero-order valence-electron chi connectivity index (χ0n) is 19.0. The van der Waals surface area contributed by atoms with E-state index < -0.39 is 0 Å². The minimum atomic E-state index is -0.228. The van der Waals surface area contributed by atoms with Gasteiger partial charge in [0.2, 0.25) is 0 Å². The van der Waals surface area contributed by atoms with Gasteiger partial charge < -0.3 is 14.5 Å². The fourth-order valence-electron chi connectivity index (χ4n) is 4.66. The summed E-state index contributed by atoms with van der Waals surface area (Å²) in [6, 6.07) is 12.4. The quantitative estimate of drug-likeness (QED) is 0.665. The Morgan fingerprint density at radius 3 is 2.62 bits per heavy atom. The summed E-state index contributed by atoms with van der Waals surface area (Å²) in [6.45, 7) is 7.87. The van der Waals surface area contributed by atoms with Crippen LogP contribution in [0, 0.1) is 11.8 Å². The van der Waals surface area contributed by atoms with Crippen LogP contribution in [-0.2, 0) is 6.54 Å². The maximum Gasteiger partial charge on any atom is 0.274 e. The zero-order chi connectivity index (χ0) is 22.3. The third-order valence-electron chi connectivity index (χ3n) is 6.60. The number of benzene rings is 1. The van der Waals surface area contributed by atoms with Gasteiger partial charge in [0.15, 0.2) is 0 Å². The number of nitrogens with zero attached hydrogens (tertiary/aromatic N) is 4. The first-order chi connectivity index (χ1) is 15.6. The Morgan fingerprint density at radius 1 is 1.06 bits per heavy atom. The van der Waals surface area contributed by atoms with E-state index in [0.717, 1.165) is 37.7 Å². The van der Waals surface area contributed by atoms with Crippen molar-refractivity contribution in [2.24, 2.45) is 11.8 Å². The first-order valence-corrected chi connectivity index (χ1v) is 11.9. The van der Waals surface area contributed by atoms with Crippen LogP contribution < -0.4 is 10.3 Å². The molecule has 0 bridgehead atoms. The van der Waals surface area contributed by atoms with E-state index in [-0.39, 0.29) is 11.5 Å². The molecule has 0 aliphatic carbocycles. The van der Waals surface area contributed by atoms with E-state index in [2.05, 4.69) is 16.9 Å². The number of carbonyl (C=O) groups excluding carboxylic acids is 1. The molecule has 1 unspecified atom stereocenters. The van der Waals surface area contributed by atoms with Crippen LogP contribution in [0.5, 0.6) is 5.75 Å². The second-order valence-electron chi connectivity index (χ2n) is 9.18. The highest BCUT2D eigenvalue weighted by atomic mass is 16.5. The number of ether oxygens (including phenoxy) is 1. The summed E-state index contributed by atoms with van der Waals surface area (Å²) in [7, 11) is 0. The molecule has 0 saturated carbocycles. The summed E-state index contributed by atoms with van der Waals surface area (Å²) in [5.74, 6) is 2.00. The maximum absolute atomic E-state index is 13.1. The average molecular weight is 439 g/mol. The summed E-state index contributed by atoms with van der Waals surface area (Å²) in [5.41, 5.74) is 0.103. The van der Waals surface area contributed by atoms with Gasteiger partial charge in [-0.1, -0.05) is 25.1 Å². The van der Waals surface area contributed by atoms with Crippen molar-refractivity contribution >= 4 is 5.91 Å². The van der Waals surface area contributed by atoms with Gasteiger partial charge in [0.1, 0.15) is 18.1 Å². The summed E-state index contributed by atoms with van der Waals surface area (Å²) in [4.78, 5) is 29.8. The topological polar surface area (TPSA) is 67.7 Å². The third-order valence-corrected chi connectivity index (χ3v) is 6.60. The molecule has 2 fully saturated rings. The Labute approximate surface area is 190 Å². The molecule has 2 aliphatic heterocycles. The van der Waals surface area contributed by atoms with Crippen molar-refractivity contribution in [1.82, 2.24) is 19.6 Å². The molecule has 7 heteroatoms. The van der Waals surface area contributed by atoms with Crippen LogP contribution >= 0.6 is 0 Å². The predicted molar refractivity (Wildman–Crippen MR) is 124 cm³/mol. The van der Waals surface area contributed by atoms with Gasteiger partial charge >= 0.3 is 0 Å². The smallest absolute Gasteiger partial charge is 0.274 e. The molecular formula is C25H34N4O3. The number of aromatic nitrogens is 2. The second-order valence-corrected chi connectivity index (χ2v) is 9.18. The van der Waals surface area contributed by atoms with Gasteiger partial charge in [-0.05, 0) is 68.8 Å². The van der Waals surface area contributed by atoms with Crippen molar-refractivity contribution in [2.45, 2.75) is 39.2 Å². The van der Waals surface area contributed by atoms with Crippen LogP contribution in [0.15, 0.2) is 47.3 Å². The van der Waals surface area contributed by atoms with Crippen LogP contribution in [0.3, 0.4) is 0 Å². The second kappa shape index (κ2) is 10.8. The highest BCUT2D eigenvalue weighted by Crippen LogP contribution is 2.22. The number of hydrogen-bond donors (Lipinski definition) is 0. The zero-order valence-corrected chi connectivity index (χ0v) is 19.0. The van der Waals surface area contributed by atoms with E-state index in [1.165, 1.54) is 43.1 Å². The lowest BCUT2D eigenvalue weighted by atomic mass is 9.94. The summed E-state index contributed by atoms with van der Waals surface area (Å²) in [5, 5.41) is 4.35. The summed E-state index contributed by atoms with van der Waals surface area (Å²) < 4.78 is 7.00. The van der Waals surface area contributed by atoms with Crippen molar-refractivity contribution in [1.29, 1.82) is 0 Å². The van der Waals surface area contributed by atoms with Gasteiger partial charge in [0.25, 0.3) is 11.5 Å². The number of likely N-dealkylation sites (tertiary alicyclic amines) is 2. The van der Waals surface area contributed by atoms with Crippen molar-refractivity contribution in [3.8, 4) is 5.75 Å². The Morgan fingerprint density at radius 2 is 1.84 bits per heavy atom. The Hall–Kier alpha value is -2.67. The molecule has 1 atom stereocenters. The molecule has 1 amide bonds. The van der Waals surface area contributed by atoms with Crippen LogP contribution in [0.2, 0.25) is 0 Å². The van der Waals surface area contributed by atoms with Crippen LogP contribution in [-0.4, -0.2) is 64.8 Å². The standard InChI is InChI=1S/C25H34N4O3/c1-20-11-14-27(15-12-20)18-21-6-5-13-28(19-21)25(31)23-9-10-24(30)29(26-23)16-17-32-22-7-3-2-4-8-22/h2-4,7-10,20-21H,5-6,11-19H2,1H3. The van der Waals surface area contributed by atoms with E-state index in [9.17, 15) is 9.59 Å². The van der Waals surface area contributed by atoms with Crippen molar-refractivity contribution in [2.75, 3.05) is 39.3 Å². The molecule has 3 heterocycles. The van der Waals surface area contributed by atoms with Crippen molar-refractivity contribution in [3.63, 3.8) is 0 Å². The molecule has 172 valence electrons. The first kappa shape index (κ1) is 22.5. The molecule has 7 nitrogen and oxygen atoms in total. The molecule has 0 N–H and O–H groups in total. The minimum absolute atomic E-state index is 0.0836. The van der Waals surface area contributed by atoms with Crippen molar-refractivity contribution < 1.29 is 9.53 Å². The van der Waals surface area contributed by atoms with Crippen molar-refractivity contribution in [3.05, 3.63) is 58.5 Å². The fourth-order valence-corrected chi connectivity index (χ4v) is 4.66. The lowest BCUT2D eigenvalue weighted by molar-refractivity contribution is 0.0613. The molecular weight excluding hydrogens is 404 g/mol. The first-order valence-electron chi connectivity index (χ1n) is 11.9. The van der Waals surface area contributed by atoms with Gasteiger partial charge in [0, 0.05) is 25.7 Å². The van der Waals surface area contributed by atoms with Crippen LogP contribution in [0.1, 0.15) is 43.1 Å². The summed E-state index contributed by atoms with van der Waals surface area (Å²) in [6.07, 6.45) is 4.73. The number of piperidine rings is 2. The lowest BCUT2D eigenvalue weighted by Gasteiger charge is -2.37.